The topological polar surface area (TPSA) is 74.2 Å². The Morgan fingerprint density at radius 1 is 1.09 bits per heavy atom. The predicted molar refractivity (Wildman–Crippen MR) is 144 cm³/mol. The summed E-state index contributed by atoms with van der Waals surface area (Å²) in [5, 5.41) is 10.4. The van der Waals surface area contributed by atoms with Gasteiger partial charge in [0, 0.05) is 36.6 Å². The molecule has 0 radical (unpaired) electrons. The highest BCUT2D eigenvalue weighted by molar-refractivity contribution is 6.05. The van der Waals surface area contributed by atoms with Crippen LogP contribution in [0.2, 0.25) is 0 Å². The average Bonchev–Trinajstić information content (AvgIpc) is 2.86. The summed E-state index contributed by atoms with van der Waals surface area (Å²) in [5.41, 5.74) is 11.1. The van der Waals surface area contributed by atoms with E-state index in [4.69, 9.17) is 15.7 Å². The third kappa shape index (κ3) is 7.70. The van der Waals surface area contributed by atoms with Gasteiger partial charge in [0.2, 0.25) is 0 Å². The van der Waals surface area contributed by atoms with Crippen LogP contribution in [0.3, 0.4) is 0 Å². The van der Waals surface area contributed by atoms with Crippen molar-refractivity contribution in [2.45, 2.75) is 40.0 Å². The maximum atomic E-state index is 10.4. The lowest BCUT2D eigenvalue weighted by molar-refractivity contribution is 0.180. The molecule has 0 aliphatic carbocycles. The second-order valence-corrected chi connectivity index (χ2v) is 9.12. The van der Waals surface area contributed by atoms with Crippen molar-refractivity contribution in [2.75, 3.05) is 26.2 Å². The van der Waals surface area contributed by atoms with E-state index in [-0.39, 0.29) is 5.75 Å². The smallest absolute Gasteiger partial charge is 0.124 e. The fraction of sp³-hybridized carbons (Fsp3) is 0.379. The van der Waals surface area contributed by atoms with E-state index < -0.39 is 0 Å². The first-order chi connectivity index (χ1) is 16.5. The van der Waals surface area contributed by atoms with Crippen LogP contribution in [0.15, 0.2) is 82.4 Å². The average molecular weight is 459 g/mol. The summed E-state index contributed by atoms with van der Waals surface area (Å²) >= 11 is 0. The van der Waals surface area contributed by atoms with Crippen LogP contribution in [0.5, 0.6) is 5.75 Å². The molecule has 3 N–H and O–H groups in total. The number of aliphatic imine (C=N–C) groups is 2. The molecule has 0 saturated carbocycles. The van der Waals surface area contributed by atoms with Crippen molar-refractivity contribution in [3.8, 4) is 5.75 Å². The lowest BCUT2D eigenvalue weighted by Crippen LogP contribution is -2.37. The minimum absolute atomic E-state index is 0.203. The number of rotatable bonds is 9. The van der Waals surface area contributed by atoms with Crippen LogP contribution in [-0.4, -0.2) is 47.6 Å². The number of phenolic OH excluding ortho intramolecular Hbond substituents is 1. The van der Waals surface area contributed by atoms with Crippen LogP contribution >= 0.6 is 0 Å². The molecule has 180 valence electrons. The molecule has 2 aromatic carbocycles. The highest BCUT2D eigenvalue weighted by Gasteiger charge is 2.19. The fourth-order valence-electron chi connectivity index (χ4n) is 4.20. The highest BCUT2D eigenvalue weighted by atomic mass is 16.3. The van der Waals surface area contributed by atoms with Crippen LogP contribution < -0.4 is 5.73 Å². The molecule has 1 aliphatic heterocycles. The first-order valence-electron chi connectivity index (χ1n) is 12.2. The van der Waals surface area contributed by atoms with Gasteiger partial charge in [-0.2, -0.15) is 0 Å². The number of piperidine rings is 1. The van der Waals surface area contributed by atoms with E-state index in [0.717, 1.165) is 43.1 Å². The van der Waals surface area contributed by atoms with Crippen molar-refractivity contribution in [3.63, 3.8) is 0 Å². The van der Waals surface area contributed by atoms with Crippen molar-refractivity contribution < 1.29 is 5.11 Å². The quantitative estimate of drug-likeness (QED) is 0.489. The van der Waals surface area contributed by atoms with Gasteiger partial charge in [-0.25, -0.2) is 0 Å². The standard InChI is InChI=1S/C29H38N4O/c1-22(19-30)24(3)32-28(27-13-7-8-14-29(27)34)18-23(2)31-20-26-12-9-16-33(21-26)17-15-25-10-5-4-6-11-25/h4-8,10-11,13-14,18-19,26,34H,9,12,15-17,20-21,30H2,1-3H3. The Hall–Kier alpha value is -3.18. The van der Waals surface area contributed by atoms with E-state index in [9.17, 15) is 5.11 Å². The maximum absolute atomic E-state index is 10.4. The number of nitrogens with zero attached hydrogens (tertiary/aromatic N) is 3. The number of nitrogens with two attached hydrogens (primary N) is 1. The first-order valence-corrected chi connectivity index (χ1v) is 12.2. The third-order valence-corrected chi connectivity index (χ3v) is 6.40. The number of hydrogen-bond donors (Lipinski definition) is 2. The summed E-state index contributed by atoms with van der Waals surface area (Å²) in [6.07, 6.45) is 7.04. The van der Waals surface area contributed by atoms with E-state index >= 15 is 0 Å². The Bertz CT molecular complexity index is 1050. The van der Waals surface area contributed by atoms with Gasteiger partial charge >= 0.3 is 0 Å². The Morgan fingerprint density at radius 2 is 1.82 bits per heavy atom. The van der Waals surface area contributed by atoms with E-state index in [2.05, 4.69) is 35.2 Å². The van der Waals surface area contributed by atoms with Crippen molar-refractivity contribution in [1.82, 2.24) is 4.90 Å². The second-order valence-electron chi connectivity index (χ2n) is 9.12. The van der Waals surface area contributed by atoms with Gasteiger partial charge in [0.05, 0.1) is 5.70 Å². The van der Waals surface area contributed by atoms with E-state index in [0.29, 0.717) is 17.2 Å². The zero-order chi connectivity index (χ0) is 24.3. The second kappa shape index (κ2) is 12.9. The molecule has 0 bridgehead atoms. The molecule has 3 rings (SSSR count). The number of benzene rings is 2. The minimum Gasteiger partial charge on any atom is -0.507 e. The molecule has 1 heterocycles. The zero-order valence-corrected chi connectivity index (χ0v) is 20.7. The molecule has 1 aliphatic rings. The molecule has 5 heteroatoms. The van der Waals surface area contributed by atoms with Gasteiger partial charge in [0.1, 0.15) is 5.75 Å². The van der Waals surface area contributed by atoms with Gasteiger partial charge < -0.3 is 15.7 Å². The largest absolute Gasteiger partial charge is 0.507 e. The van der Waals surface area contributed by atoms with Gasteiger partial charge in [-0.15, -0.1) is 0 Å². The van der Waals surface area contributed by atoms with Crippen LogP contribution in [-0.2, 0) is 6.42 Å². The molecule has 0 amide bonds. The van der Waals surface area contributed by atoms with Crippen LogP contribution in [0, 0.1) is 5.92 Å². The van der Waals surface area contributed by atoms with Crippen LogP contribution in [0.25, 0.3) is 5.70 Å². The SMILES string of the molecule is CC(=CN)C(C)=NC(=CC(C)=NCC1CCCN(CCc2ccccc2)C1)c1ccccc1O. The molecule has 1 fully saturated rings. The molecular formula is C29H38N4O. The normalized spacial score (nSPS) is 18.9. The number of allylic oxidation sites excluding steroid dienone is 2. The lowest BCUT2D eigenvalue weighted by atomic mass is 9.97. The number of aromatic hydroxyl groups is 1. The van der Waals surface area contributed by atoms with Crippen molar-refractivity contribution in [3.05, 3.63) is 83.6 Å². The molecular weight excluding hydrogens is 420 g/mol. The summed E-state index contributed by atoms with van der Waals surface area (Å²) in [5.74, 6) is 0.767. The minimum atomic E-state index is 0.203. The summed E-state index contributed by atoms with van der Waals surface area (Å²) in [7, 11) is 0. The zero-order valence-electron chi connectivity index (χ0n) is 20.7. The highest BCUT2D eigenvalue weighted by Crippen LogP contribution is 2.26. The molecule has 1 unspecified atom stereocenters. The Labute approximate surface area is 204 Å². The molecule has 2 aromatic rings. The van der Waals surface area contributed by atoms with Gasteiger partial charge in [-0.1, -0.05) is 42.5 Å². The number of phenols is 1. The predicted octanol–water partition coefficient (Wildman–Crippen LogP) is 5.47. The van der Waals surface area contributed by atoms with E-state index in [1.807, 2.05) is 45.0 Å². The summed E-state index contributed by atoms with van der Waals surface area (Å²) in [6.45, 7) is 10.0. The van der Waals surface area contributed by atoms with Crippen molar-refractivity contribution in [1.29, 1.82) is 0 Å². The molecule has 0 aromatic heterocycles. The van der Waals surface area contributed by atoms with Gasteiger partial charge in [0.15, 0.2) is 0 Å². The third-order valence-electron chi connectivity index (χ3n) is 6.40. The number of para-hydroxylation sites is 1. The Balaban J connectivity index is 1.68. The molecule has 34 heavy (non-hydrogen) atoms. The Morgan fingerprint density at radius 3 is 2.56 bits per heavy atom. The molecule has 0 spiro atoms. The summed E-state index contributed by atoms with van der Waals surface area (Å²) in [6, 6.07) is 18.0. The fourth-order valence-corrected chi connectivity index (χ4v) is 4.20. The van der Waals surface area contributed by atoms with E-state index in [1.165, 1.54) is 24.9 Å². The molecule has 1 saturated heterocycles. The van der Waals surface area contributed by atoms with Gasteiger partial charge in [-0.05, 0) is 88.0 Å². The molecule has 5 nitrogen and oxygen atoms in total. The number of hydrogen-bond acceptors (Lipinski definition) is 5. The monoisotopic (exact) mass is 458 g/mol. The van der Waals surface area contributed by atoms with Crippen LogP contribution in [0.1, 0.15) is 44.7 Å². The Kier molecular flexibility index (Phi) is 9.65. The lowest BCUT2D eigenvalue weighted by Gasteiger charge is -2.32. The molecule has 1 atom stereocenters. The van der Waals surface area contributed by atoms with Gasteiger partial charge in [0.25, 0.3) is 0 Å². The maximum Gasteiger partial charge on any atom is 0.124 e. The van der Waals surface area contributed by atoms with Crippen molar-refractivity contribution in [2.24, 2.45) is 21.6 Å². The van der Waals surface area contributed by atoms with E-state index in [1.54, 1.807) is 12.3 Å². The number of likely N-dealkylation sites (tertiary alicyclic amines) is 1. The van der Waals surface area contributed by atoms with Crippen LogP contribution in [0.4, 0.5) is 0 Å². The first kappa shape index (κ1) is 25.4. The van der Waals surface area contributed by atoms with Crippen molar-refractivity contribution >= 4 is 17.1 Å². The summed E-state index contributed by atoms with van der Waals surface area (Å²) < 4.78 is 0. The van der Waals surface area contributed by atoms with Gasteiger partial charge in [-0.3, -0.25) is 9.98 Å². The summed E-state index contributed by atoms with van der Waals surface area (Å²) in [4.78, 5) is 12.2.